The van der Waals surface area contributed by atoms with Gasteiger partial charge < -0.3 is 0 Å². The number of urea groups is 1. The van der Waals surface area contributed by atoms with Gasteiger partial charge in [-0.2, -0.15) is 8.42 Å². The molecule has 2 amide bonds. The standard InChI is InChI=1S/C14H16N6O5S2/c1-3-18(26)19(14(21)17-13-15-9-8-10(2)16-13)27(24,25)12-7-5-4-6-11(12)20(22)23/h4-9,26H,3H2,1-2H3,(H,15,16,17,21). The van der Waals surface area contributed by atoms with Gasteiger partial charge in [-0.3, -0.25) is 15.4 Å². The number of nitrogens with one attached hydrogen (secondary N) is 1. The fourth-order valence-corrected chi connectivity index (χ4v) is 3.88. The SMILES string of the molecule is CCN(S)N(C(=O)Nc1nccc(C)n1)S(=O)(=O)c1ccccc1[N+](=O)[O-]. The van der Waals surface area contributed by atoms with E-state index in [-0.39, 0.29) is 16.9 Å². The Bertz CT molecular complexity index is 968. The van der Waals surface area contributed by atoms with Crippen LogP contribution in [0.1, 0.15) is 12.6 Å². The zero-order valence-corrected chi connectivity index (χ0v) is 16.0. The van der Waals surface area contributed by atoms with Crippen molar-refractivity contribution in [1.29, 1.82) is 0 Å². The molecule has 0 aliphatic rings. The number of benzene rings is 1. The van der Waals surface area contributed by atoms with Crippen LogP contribution in [0, 0.1) is 17.0 Å². The first-order chi connectivity index (χ1) is 12.7. The minimum Gasteiger partial charge on any atom is -0.274 e. The first-order valence-corrected chi connectivity index (χ1v) is 9.38. The lowest BCUT2D eigenvalue weighted by atomic mass is 10.3. The van der Waals surface area contributed by atoms with Crippen molar-refractivity contribution in [1.82, 2.24) is 18.8 Å². The van der Waals surface area contributed by atoms with Crippen molar-refractivity contribution in [2.24, 2.45) is 0 Å². The summed E-state index contributed by atoms with van der Waals surface area (Å²) in [5, 5.41) is 13.4. The van der Waals surface area contributed by atoms with E-state index >= 15 is 0 Å². The smallest absolute Gasteiger partial charge is 0.274 e. The zero-order chi connectivity index (χ0) is 20.2. The highest BCUT2D eigenvalue weighted by Crippen LogP contribution is 2.28. The first-order valence-electron chi connectivity index (χ1n) is 7.54. The third kappa shape index (κ3) is 4.50. The molecular weight excluding hydrogens is 396 g/mol. The van der Waals surface area contributed by atoms with E-state index in [1.807, 2.05) is 0 Å². The number of nitrogens with zero attached hydrogens (tertiary/aromatic N) is 5. The number of hydrazine groups is 1. The lowest BCUT2D eigenvalue weighted by molar-refractivity contribution is -0.387. The minimum atomic E-state index is -4.64. The van der Waals surface area contributed by atoms with Gasteiger partial charge in [-0.25, -0.2) is 14.8 Å². The van der Waals surface area contributed by atoms with E-state index in [0.717, 1.165) is 16.5 Å². The Balaban J connectivity index is 2.49. The lowest BCUT2D eigenvalue weighted by Crippen LogP contribution is -2.47. The number of aromatic nitrogens is 2. The van der Waals surface area contributed by atoms with Gasteiger partial charge in [-0.05, 0) is 26.0 Å². The molecule has 0 saturated heterocycles. The van der Waals surface area contributed by atoms with E-state index in [0.29, 0.717) is 5.69 Å². The van der Waals surface area contributed by atoms with Gasteiger partial charge in [0.05, 0.1) is 4.92 Å². The van der Waals surface area contributed by atoms with Crippen LogP contribution in [0.2, 0.25) is 0 Å². The van der Waals surface area contributed by atoms with Crippen molar-refractivity contribution < 1.29 is 18.1 Å². The molecule has 2 aromatic rings. The molecule has 0 bridgehead atoms. The number of nitro groups is 1. The Kier molecular flexibility index (Phi) is 6.30. The number of anilines is 1. The summed E-state index contributed by atoms with van der Waals surface area (Å²) in [5.41, 5.74) is -0.119. The maximum absolute atomic E-state index is 13.0. The van der Waals surface area contributed by atoms with Gasteiger partial charge in [0.2, 0.25) is 5.95 Å². The Morgan fingerprint density at radius 1 is 1.33 bits per heavy atom. The summed E-state index contributed by atoms with van der Waals surface area (Å²) >= 11 is 3.99. The summed E-state index contributed by atoms with van der Waals surface area (Å²) in [7, 11) is -4.64. The summed E-state index contributed by atoms with van der Waals surface area (Å²) in [6.07, 6.45) is 1.39. The third-order valence-electron chi connectivity index (χ3n) is 3.25. The van der Waals surface area contributed by atoms with E-state index in [2.05, 4.69) is 28.1 Å². The van der Waals surface area contributed by atoms with Gasteiger partial charge in [0.1, 0.15) is 0 Å². The molecule has 13 heteroatoms. The quantitative estimate of drug-likeness (QED) is 0.417. The molecule has 1 N–H and O–H groups in total. The molecule has 0 unspecified atom stereocenters. The van der Waals surface area contributed by atoms with Crippen LogP contribution in [0.15, 0.2) is 41.4 Å². The summed E-state index contributed by atoms with van der Waals surface area (Å²) < 4.78 is 27.1. The van der Waals surface area contributed by atoms with Crippen LogP contribution in [-0.4, -0.2) is 44.7 Å². The van der Waals surface area contributed by atoms with Gasteiger partial charge in [-0.15, -0.1) is 8.83 Å². The van der Waals surface area contributed by atoms with Gasteiger partial charge in [0.25, 0.3) is 15.7 Å². The summed E-state index contributed by atoms with van der Waals surface area (Å²) in [6, 6.07) is 5.15. The van der Waals surface area contributed by atoms with Crippen molar-refractivity contribution in [2.75, 3.05) is 11.9 Å². The molecule has 0 spiro atoms. The molecule has 144 valence electrons. The van der Waals surface area contributed by atoms with Crippen LogP contribution in [0.5, 0.6) is 0 Å². The van der Waals surface area contributed by atoms with E-state index < -0.39 is 31.6 Å². The molecule has 0 aliphatic heterocycles. The Hall–Kier alpha value is -2.77. The number of hydrogen-bond donors (Lipinski definition) is 2. The fraction of sp³-hybridized carbons (Fsp3) is 0.214. The lowest BCUT2D eigenvalue weighted by Gasteiger charge is -2.28. The second-order valence-electron chi connectivity index (χ2n) is 5.11. The van der Waals surface area contributed by atoms with Crippen LogP contribution in [0.3, 0.4) is 0 Å². The number of rotatable bonds is 6. The van der Waals surface area contributed by atoms with Crippen molar-refractivity contribution in [2.45, 2.75) is 18.7 Å². The molecular formula is C14H16N6O5S2. The molecule has 2 rings (SSSR count). The van der Waals surface area contributed by atoms with E-state index in [1.54, 1.807) is 19.9 Å². The van der Waals surface area contributed by atoms with Crippen LogP contribution < -0.4 is 5.32 Å². The Labute approximate surface area is 160 Å². The van der Waals surface area contributed by atoms with Gasteiger partial charge >= 0.3 is 6.03 Å². The molecule has 11 nitrogen and oxygen atoms in total. The number of sulfonamides is 1. The number of amides is 2. The van der Waals surface area contributed by atoms with E-state index in [1.165, 1.54) is 18.3 Å². The number of hydrogen-bond acceptors (Lipinski definition) is 9. The van der Waals surface area contributed by atoms with Crippen LogP contribution in [-0.2, 0) is 10.0 Å². The highest BCUT2D eigenvalue weighted by molar-refractivity contribution is 7.90. The molecule has 27 heavy (non-hydrogen) atoms. The molecule has 1 aromatic heterocycles. The highest BCUT2D eigenvalue weighted by Gasteiger charge is 2.38. The molecule has 0 atom stereocenters. The number of para-hydroxylation sites is 1. The number of aryl methyl sites for hydroxylation is 1. The van der Waals surface area contributed by atoms with Crippen LogP contribution in [0.25, 0.3) is 0 Å². The van der Waals surface area contributed by atoms with Crippen LogP contribution >= 0.6 is 12.8 Å². The number of carbonyl (C=O) groups excluding carboxylic acids is 1. The maximum atomic E-state index is 13.0. The molecule has 1 aromatic carbocycles. The van der Waals surface area contributed by atoms with E-state index in [4.69, 9.17) is 0 Å². The Morgan fingerprint density at radius 2 is 2.00 bits per heavy atom. The monoisotopic (exact) mass is 412 g/mol. The number of carbonyl (C=O) groups is 1. The molecule has 0 fully saturated rings. The molecule has 0 radical (unpaired) electrons. The summed E-state index contributed by atoms with van der Waals surface area (Å²) in [5.74, 6) is -0.124. The van der Waals surface area contributed by atoms with Crippen molar-refractivity contribution in [3.05, 3.63) is 52.3 Å². The second-order valence-corrected chi connectivity index (χ2v) is 7.31. The average molecular weight is 412 g/mol. The third-order valence-corrected chi connectivity index (χ3v) is 5.55. The second kappa shape index (κ2) is 8.28. The first kappa shape index (κ1) is 20.5. The van der Waals surface area contributed by atoms with Gasteiger partial charge in [0.15, 0.2) is 4.90 Å². The predicted octanol–water partition coefficient (Wildman–Crippen LogP) is 2.00. The normalized spacial score (nSPS) is 11.3. The summed E-state index contributed by atoms with van der Waals surface area (Å²) in [6.45, 7) is 3.21. The van der Waals surface area contributed by atoms with E-state index in [9.17, 15) is 23.3 Å². The Morgan fingerprint density at radius 3 is 2.59 bits per heavy atom. The highest BCUT2D eigenvalue weighted by atomic mass is 32.2. The van der Waals surface area contributed by atoms with Crippen molar-refractivity contribution in [3.8, 4) is 0 Å². The molecule has 0 aliphatic carbocycles. The number of nitro benzene ring substituents is 1. The van der Waals surface area contributed by atoms with Gasteiger partial charge in [0, 0.05) is 24.5 Å². The largest absolute Gasteiger partial charge is 0.354 e. The minimum absolute atomic E-state index is 0.00503. The molecule has 0 saturated carbocycles. The fourth-order valence-electron chi connectivity index (χ4n) is 2.04. The topological polar surface area (TPSA) is 139 Å². The number of thiol groups is 1. The maximum Gasteiger partial charge on any atom is 0.354 e. The van der Waals surface area contributed by atoms with Crippen molar-refractivity contribution >= 4 is 40.5 Å². The summed E-state index contributed by atoms with van der Waals surface area (Å²) in [4.78, 5) is 30.1. The zero-order valence-electron chi connectivity index (χ0n) is 14.3. The molecule has 1 heterocycles. The van der Waals surface area contributed by atoms with Crippen LogP contribution in [0.4, 0.5) is 16.4 Å². The predicted molar refractivity (Wildman–Crippen MR) is 99.3 cm³/mol. The van der Waals surface area contributed by atoms with Gasteiger partial charge in [-0.1, -0.05) is 24.9 Å². The van der Waals surface area contributed by atoms with Crippen molar-refractivity contribution in [3.63, 3.8) is 0 Å². The average Bonchev–Trinajstić information content (AvgIpc) is 2.61.